The molecule has 0 radical (unpaired) electrons. The lowest BCUT2D eigenvalue weighted by Crippen LogP contribution is -2.38. The molecular weight excluding hydrogens is 240 g/mol. The molecule has 0 aliphatic carbocycles. The van der Waals surface area contributed by atoms with E-state index >= 15 is 0 Å². The Hall–Kier alpha value is -1.97. The zero-order valence-electron chi connectivity index (χ0n) is 10.9. The van der Waals surface area contributed by atoms with Crippen LogP contribution < -0.4 is 4.90 Å². The molecule has 3 aliphatic rings. The van der Waals surface area contributed by atoms with Crippen molar-refractivity contribution in [1.82, 2.24) is 4.98 Å². The van der Waals surface area contributed by atoms with Crippen LogP contribution in [-0.4, -0.2) is 31.2 Å². The van der Waals surface area contributed by atoms with Gasteiger partial charge in [0.05, 0.1) is 18.2 Å². The topological polar surface area (TPSA) is 45.3 Å². The summed E-state index contributed by atoms with van der Waals surface area (Å²) < 4.78 is 4.87. The SMILES string of the molecule is COC(=O)c1cccc2c3c([nH]c12)N1CCC3CC1. The number of carbonyl (C=O) groups excluding carboxylic acids is 1. The van der Waals surface area contributed by atoms with Gasteiger partial charge in [0.25, 0.3) is 0 Å². The van der Waals surface area contributed by atoms with Gasteiger partial charge in [-0.1, -0.05) is 12.1 Å². The minimum Gasteiger partial charge on any atom is -0.465 e. The molecule has 0 unspecified atom stereocenters. The number of carbonyl (C=O) groups is 1. The number of hydrogen-bond donors (Lipinski definition) is 1. The number of benzene rings is 1. The summed E-state index contributed by atoms with van der Waals surface area (Å²) in [6, 6.07) is 5.88. The van der Waals surface area contributed by atoms with Crippen LogP contribution in [0.1, 0.15) is 34.7 Å². The summed E-state index contributed by atoms with van der Waals surface area (Å²) in [6.45, 7) is 2.25. The summed E-state index contributed by atoms with van der Waals surface area (Å²) in [4.78, 5) is 17.7. The largest absolute Gasteiger partial charge is 0.465 e. The summed E-state index contributed by atoms with van der Waals surface area (Å²) in [6.07, 6.45) is 2.45. The second-order valence-electron chi connectivity index (χ2n) is 5.37. The van der Waals surface area contributed by atoms with Crippen LogP contribution in [0.5, 0.6) is 0 Å². The van der Waals surface area contributed by atoms with Gasteiger partial charge in [-0.05, 0) is 24.8 Å². The molecular formula is C15H16N2O2. The van der Waals surface area contributed by atoms with Crippen LogP contribution in [0.25, 0.3) is 10.9 Å². The molecule has 4 nitrogen and oxygen atoms in total. The number of nitrogens with zero attached hydrogens (tertiary/aromatic N) is 1. The van der Waals surface area contributed by atoms with Crippen LogP contribution in [0.4, 0.5) is 5.82 Å². The molecule has 1 saturated heterocycles. The van der Waals surface area contributed by atoms with Gasteiger partial charge in [-0.15, -0.1) is 0 Å². The standard InChI is InChI=1S/C15H16N2O2/c1-19-15(18)11-4-2-3-10-12-9-5-7-17(8-6-9)14(12)16-13(10)11/h2-4,9,16H,5-8H2,1H3. The Kier molecular flexibility index (Phi) is 2.16. The van der Waals surface area contributed by atoms with Crippen molar-refractivity contribution in [3.63, 3.8) is 0 Å². The van der Waals surface area contributed by atoms with Crippen LogP contribution in [0.2, 0.25) is 0 Å². The molecule has 1 aromatic carbocycles. The molecule has 0 spiro atoms. The van der Waals surface area contributed by atoms with E-state index in [1.807, 2.05) is 12.1 Å². The van der Waals surface area contributed by atoms with E-state index in [-0.39, 0.29) is 5.97 Å². The Morgan fingerprint density at radius 3 is 2.89 bits per heavy atom. The smallest absolute Gasteiger partial charge is 0.339 e. The van der Waals surface area contributed by atoms with Crippen molar-refractivity contribution in [3.05, 3.63) is 29.3 Å². The fourth-order valence-electron chi connectivity index (χ4n) is 3.56. The van der Waals surface area contributed by atoms with Gasteiger partial charge in [0, 0.05) is 24.0 Å². The highest BCUT2D eigenvalue weighted by Crippen LogP contribution is 2.46. The average Bonchev–Trinajstić information content (AvgIpc) is 2.89. The third kappa shape index (κ3) is 1.37. The molecule has 3 aliphatic heterocycles. The molecule has 1 fully saturated rings. The number of fused-ring (bicyclic) bond motifs is 3. The van der Waals surface area contributed by atoms with Crippen molar-refractivity contribution in [2.75, 3.05) is 25.1 Å². The lowest BCUT2D eigenvalue weighted by Gasteiger charge is -2.40. The first-order chi connectivity index (χ1) is 9.29. The number of H-pyrrole nitrogens is 1. The van der Waals surface area contributed by atoms with Gasteiger partial charge < -0.3 is 14.6 Å². The van der Waals surface area contributed by atoms with Crippen LogP contribution in [-0.2, 0) is 4.74 Å². The number of para-hydroxylation sites is 1. The number of anilines is 1. The summed E-state index contributed by atoms with van der Waals surface area (Å²) in [5.74, 6) is 1.59. The number of esters is 1. The second kappa shape index (κ2) is 3.76. The third-order valence-electron chi connectivity index (χ3n) is 4.48. The first-order valence-corrected chi connectivity index (χ1v) is 6.77. The lowest BCUT2D eigenvalue weighted by atomic mass is 9.84. The Bertz CT molecular complexity index is 666. The molecule has 0 saturated carbocycles. The van der Waals surface area contributed by atoms with Crippen molar-refractivity contribution >= 4 is 22.7 Å². The summed E-state index contributed by atoms with van der Waals surface area (Å²) >= 11 is 0. The fraction of sp³-hybridized carbons (Fsp3) is 0.400. The van der Waals surface area contributed by atoms with E-state index in [0.29, 0.717) is 11.5 Å². The fourth-order valence-corrected chi connectivity index (χ4v) is 3.56. The number of aromatic amines is 1. The highest BCUT2D eigenvalue weighted by Gasteiger charge is 2.34. The first-order valence-electron chi connectivity index (χ1n) is 6.77. The van der Waals surface area contributed by atoms with Crippen LogP contribution in [0, 0.1) is 0 Å². The maximum atomic E-state index is 11.9. The molecule has 2 aromatic rings. The average molecular weight is 256 g/mol. The third-order valence-corrected chi connectivity index (χ3v) is 4.48. The van der Waals surface area contributed by atoms with Crippen LogP contribution in [0.3, 0.4) is 0 Å². The van der Waals surface area contributed by atoms with Gasteiger partial charge in [-0.3, -0.25) is 0 Å². The van der Waals surface area contributed by atoms with Gasteiger partial charge >= 0.3 is 5.97 Å². The Labute approximate surface area is 111 Å². The minimum absolute atomic E-state index is 0.272. The van der Waals surface area contributed by atoms with Gasteiger partial charge in [-0.2, -0.15) is 0 Å². The molecule has 98 valence electrons. The predicted molar refractivity (Wildman–Crippen MR) is 73.8 cm³/mol. The van der Waals surface area contributed by atoms with E-state index < -0.39 is 0 Å². The van der Waals surface area contributed by atoms with Crippen molar-refractivity contribution in [2.45, 2.75) is 18.8 Å². The monoisotopic (exact) mass is 256 g/mol. The van der Waals surface area contributed by atoms with E-state index in [1.54, 1.807) is 0 Å². The molecule has 0 amide bonds. The van der Waals surface area contributed by atoms with Crippen molar-refractivity contribution in [3.8, 4) is 0 Å². The van der Waals surface area contributed by atoms with E-state index in [0.717, 1.165) is 18.6 Å². The zero-order valence-corrected chi connectivity index (χ0v) is 10.9. The molecule has 0 atom stereocenters. The van der Waals surface area contributed by atoms with Gasteiger partial charge in [0.2, 0.25) is 0 Å². The van der Waals surface area contributed by atoms with Gasteiger partial charge in [0.15, 0.2) is 0 Å². The Morgan fingerprint density at radius 2 is 2.16 bits per heavy atom. The number of methoxy groups -OCH3 is 1. The molecule has 2 bridgehead atoms. The second-order valence-corrected chi connectivity index (χ2v) is 5.37. The van der Waals surface area contributed by atoms with E-state index in [9.17, 15) is 4.79 Å². The van der Waals surface area contributed by atoms with E-state index in [4.69, 9.17) is 4.74 Å². The van der Waals surface area contributed by atoms with E-state index in [2.05, 4.69) is 16.0 Å². The van der Waals surface area contributed by atoms with Crippen molar-refractivity contribution in [1.29, 1.82) is 0 Å². The highest BCUT2D eigenvalue weighted by atomic mass is 16.5. The Morgan fingerprint density at radius 1 is 1.37 bits per heavy atom. The van der Waals surface area contributed by atoms with Gasteiger partial charge in [-0.25, -0.2) is 4.79 Å². The number of ether oxygens (including phenoxy) is 1. The van der Waals surface area contributed by atoms with Crippen LogP contribution >= 0.6 is 0 Å². The molecule has 5 rings (SSSR count). The highest BCUT2D eigenvalue weighted by molar-refractivity contribution is 6.05. The number of nitrogens with one attached hydrogen (secondary N) is 1. The molecule has 4 heterocycles. The number of rotatable bonds is 1. The lowest BCUT2D eigenvalue weighted by molar-refractivity contribution is 0.0603. The molecule has 1 aromatic heterocycles. The first kappa shape index (κ1) is 10.9. The summed E-state index contributed by atoms with van der Waals surface area (Å²) in [5, 5.41) is 1.19. The molecule has 1 N–H and O–H groups in total. The van der Waals surface area contributed by atoms with Gasteiger partial charge in [0.1, 0.15) is 5.82 Å². The maximum absolute atomic E-state index is 11.9. The number of hydrogen-bond acceptors (Lipinski definition) is 3. The maximum Gasteiger partial charge on any atom is 0.339 e. The zero-order chi connectivity index (χ0) is 13.0. The summed E-state index contributed by atoms with van der Waals surface area (Å²) in [7, 11) is 1.43. The predicted octanol–water partition coefficient (Wildman–Crippen LogP) is 2.65. The van der Waals surface area contributed by atoms with E-state index in [1.165, 1.54) is 36.7 Å². The minimum atomic E-state index is -0.272. The molecule has 4 heteroatoms. The quantitative estimate of drug-likeness (QED) is 0.798. The number of piperidine rings is 1. The van der Waals surface area contributed by atoms with Crippen molar-refractivity contribution < 1.29 is 9.53 Å². The summed E-state index contributed by atoms with van der Waals surface area (Å²) in [5.41, 5.74) is 2.96. The van der Waals surface area contributed by atoms with Crippen molar-refractivity contribution in [2.24, 2.45) is 0 Å². The number of aromatic nitrogens is 1. The Balaban J connectivity index is 2.01. The normalized spacial score (nSPS) is 17.8. The molecule has 19 heavy (non-hydrogen) atoms. The van der Waals surface area contributed by atoms with Crippen LogP contribution in [0.15, 0.2) is 18.2 Å².